The zero-order valence-corrected chi connectivity index (χ0v) is 12.0. The number of hydrogen-bond acceptors (Lipinski definition) is 3. The van der Waals surface area contributed by atoms with Crippen molar-refractivity contribution in [3.05, 3.63) is 0 Å². The molecule has 2 fully saturated rings. The predicted molar refractivity (Wildman–Crippen MR) is 75.9 cm³/mol. The smallest absolute Gasteiger partial charge is 0.0510 e. The van der Waals surface area contributed by atoms with Crippen molar-refractivity contribution in [2.45, 2.75) is 51.5 Å². The molecule has 3 nitrogen and oxygen atoms in total. The van der Waals surface area contributed by atoms with Crippen molar-refractivity contribution in [1.29, 1.82) is 0 Å². The van der Waals surface area contributed by atoms with Gasteiger partial charge in [0, 0.05) is 25.1 Å². The molecule has 0 bridgehead atoms. The summed E-state index contributed by atoms with van der Waals surface area (Å²) in [6.45, 7) is 9.05. The highest BCUT2D eigenvalue weighted by atomic mass is 16.5. The van der Waals surface area contributed by atoms with Crippen LogP contribution in [0.15, 0.2) is 0 Å². The second-order valence-electron chi connectivity index (χ2n) is 5.86. The van der Waals surface area contributed by atoms with Gasteiger partial charge in [-0.25, -0.2) is 0 Å². The van der Waals surface area contributed by atoms with Gasteiger partial charge in [0.05, 0.1) is 6.61 Å². The molecule has 18 heavy (non-hydrogen) atoms. The molecule has 2 aliphatic rings. The Bertz CT molecular complexity index is 209. The molecule has 0 aromatic heterocycles. The van der Waals surface area contributed by atoms with Crippen LogP contribution in [-0.2, 0) is 4.74 Å². The number of nitrogens with zero attached hydrogens (tertiary/aromatic N) is 1. The van der Waals surface area contributed by atoms with Gasteiger partial charge >= 0.3 is 0 Å². The van der Waals surface area contributed by atoms with Gasteiger partial charge in [-0.1, -0.05) is 26.2 Å². The quantitative estimate of drug-likeness (QED) is 0.814. The van der Waals surface area contributed by atoms with E-state index >= 15 is 0 Å². The third kappa shape index (κ3) is 4.52. The first-order valence-electron chi connectivity index (χ1n) is 7.93. The van der Waals surface area contributed by atoms with Crippen molar-refractivity contribution in [2.75, 3.05) is 39.4 Å². The number of ether oxygens (including phenoxy) is 1. The average molecular weight is 254 g/mol. The van der Waals surface area contributed by atoms with Crippen LogP contribution in [0.25, 0.3) is 0 Å². The molecule has 106 valence electrons. The fourth-order valence-corrected chi connectivity index (χ4v) is 3.29. The lowest BCUT2D eigenvalue weighted by Crippen LogP contribution is -2.46. The normalized spacial score (nSPS) is 28.8. The van der Waals surface area contributed by atoms with E-state index in [-0.39, 0.29) is 0 Å². The molecule has 2 rings (SSSR count). The van der Waals surface area contributed by atoms with Gasteiger partial charge in [-0.3, -0.25) is 0 Å². The number of rotatable bonds is 5. The molecule has 3 heteroatoms. The summed E-state index contributed by atoms with van der Waals surface area (Å²) in [7, 11) is 0. The van der Waals surface area contributed by atoms with Crippen LogP contribution in [0.1, 0.15) is 45.4 Å². The summed E-state index contributed by atoms with van der Waals surface area (Å²) >= 11 is 0. The van der Waals surface area contributed by atoms with E-state index in [0.29, 0.717) is 6.04 Å². The second-order valence-corrected chi connectivity index (χ2v) is 5.86. The van der Waals surface area contributed by atoms with Crippen LogP contribution < -0.4 is 5.32 Å². The van der Waals surface area contributed by atoms with Crippen molar-refractivity contribution in [2.24, 2.45) is 5.92 Å². The topological polar surface area (TPSA) is 24.5 Å². The van der Waals surface area contributed by atoms with E-state index in [1.165, 1.54) is 58.2 Å². The van der Waals surface area contributed by atoms with Crippen LogP contribution in [0.2, 0.25) is 0 Å². The van der Waals surface area contributed by atoms with Crippen molar-refractivity contribution in [1.82, 2.24) is 10.2 Å². The first-order valence-corrected chi connectivity index (χ1v) is 7.93. The van der Waals surface area contributed by atoms with Crippen molar-refractivity contribution >= 4 is 0 Å². The molecule has 2 aliphatic heterocycles. The lowest BCUT2D eigenvalue weighted by molar-refractivity contribution is 0.157. The zero-order valence-electron chi connectivity index (χ0n) is 12.0. The highest BCUT2D eigenvalue weighted by Crippen LogP contribution is 2.19. The maximum atomic E-state index is 5.56. The van der Waals surface area contributed by atoms with Crippen LogP contribution in [-0.4, -0.2) is 50.3 Å². The predicted octanol–water partition coefficient (Wildman–Crippen LogP) is 2.27. The van der Waals surface area contributed by atoms with Crippen LogP contribution in [0, 0.1) is 5.92 Å². The highest BCUT2D eigenvalue weighted by molar-refractivity contribution is 4.82. The molecule has 2 atom stereocenters. The van der Waals surface area contributed by atoms with Crippen LogP contribution in [0.4, 0.5) is 0 Å². The van der Waals surface area contributed by atoms with E-state index in [9.17, 15) is 0 Å². The number of likely N-dealkylation sites (N-methyl/N-ethyl adjacent to an activating group) is 1. The molecule has 2 unspecified atom stereocenters. The molecule has 1 N–H and O–H groups in total. The van der Waals surface area contributed by atoms with Crippen LogP contribution in [0.3, 0.4) is 0 Å². The molecule has 0 aromatic carbocycles. The van der Waals surface area contributed by atoms with Gasteiger partial charge < -0.3 is 15.0 Å². The van der Waals surface area contributed by atoms with Crippen molar-refractivity contribution < 1.29 is 4.74 Å². The monoisotopic (exact) mass is 254 g/mol. The Labute approximate surface area is 112 Å². The molecular formula is C15H30N2O. The standard InChI is InChI=1S/C15H30N2O/c1-2-16-15(14-8-11-18-13-14)12-17-9-6-4-3-5-7-10-17/h14-16H,2-13H2,1H3. The molecule has 2 heterocycles. The third-order valence-electron chi connectivity index (χ3n) is 4.40. The van der Waals surface area contributed by atoms with E-state index in [0.717, 1.165) is 25.7 Å². The van der Waals surface area contributed by atoms with Crippen LogP contribution in [0.5, 0.6) is 0 Å². The summed E-state index contributed by atoms with van der Waals surface area (Å²) in [5, 5.41) is 3.69. The first kappa shape index (κ1) is 14.3. The van der Waals surface area contributed by atoms with Gasteiger partial charge in [0.25, 0.3) is 0 Å². The van der Waals surface area contributed by atoms with Gasteiger partial charge in [-0.2, -0.15) is 0 Å². The third-order valence-corrected chi connectivity index (χ3v) is 4.40. The molecule has 0 saturated carbocycles. The minimum Gasteiger partial charge on any atom is -0.381 e. The molecular weight excluding hydrogens is 224 g/mol. The molecule has 0 aromatic rings. The fraction of sp³-hybridized carbons (Fsp3) is 1.00. The van der Waals surface area contributed by atoms with Gasteiger partial charge in [-0.15, -0.1) is 0 Å². The van der Waals surface area contributed by atoms with Crippen LogP contribution >= 0.6 is 0 Å². The van der Waals surface area contributed by atoms with Crippen molar-refractivity contribution in [3.8, 4) is 0 Å². The zero-order chi connectivity index (χ0) is 12.6. The SMILES string of the molecule is CCNC(CN1CCCCCCC1)C1CCOC1. The Morgan fingerprint density at radius 3 is 2.50 bits per heavy atom. The molecule has 0 spiro atoms. The molecule has 0 aliphatic carbocycles. The molecule has 0 radical (unpaired) electrons. The van der Waals surface area contributed by atoms with E-state index in [2.05, 4.69) is 17.1 Å². The van der Waals surface area contributed by atoms with Gasteiger partial charge in [-0.05, 0) is 38.9 Å². The van der Waals surface area contributed by atoms with E-state index in [1.54, 1.807) is 0 Å². The fourth-order valence-electron chi connectivity index (χ4n) is 3.29. The lowest BCUT2D eigenvalue weighted by atomic mass is 9.97. The van der Waals surface area contributed by atoms with Gasteiger partial charge in [0.1, 0.15) is 0 Å². The average Bonchev–Trinajstić information content (AvgIpc) is 2.85. The Balaban J connectivity index is 1.81. The lowest BCUT2D eigenvalue weighted by Gasteiger charge is -2.32. The Morgan fingerprint density at radius 2 is 1.89 bits per heavy atom. The van der Waals surface area contributed by atoms with Gasteiger partial charge in [0.15, 0.2) is 0 Å². The van der Waals surface area contributed by atoms with E-state index < -0.39 is 0 Å². The first-order chi connectivity index (χ1) is 8.90. The number of nitrogens with one attached hydrogen (secondary N) is 1. The van der Waals surface area contributed by atoms with E-state index in [1.807, 2.05) is 0 Å². The Morgan fingerprint density at radius 1 is 1.17 bits per heavy atom. The summed E-state index contributed by atoms with van der Waals surface area (Å²) in [5.41, 5.74) is 0. The van der Waals surface area contributed by atoms with Crippen molar-refractivity contribution in [3.63, 3.8) is 0 Å². The number of hydrogen-bond donors (Lipinski definition) is 1. The Kier molecular flexibility index (Phi) is 6.46. The maximum absolute atomic E-state index is 5.56. The maximum Gasteiger partial charge on any atom is 0.0510 e. The van der Waals surface area contributed by atoms with E-state index in [4.69, 9.17) is 4.74 Å². The summed E-state index contributed by atoms with van der Waals surface area (Å²) in [6.07, 6.45) is 8.32. The number of likely N-dealkylation sites (tertiary alicyclic amines) is 1. The minimum atomic E-state index is 0.636. The summed E-state index contributed by atoms with van der Waals surface area (Å²) in [4.78, 5) is 2.69. The van der Waals surface area contributed by atoms with Gasteiger partial charge in [0.2, 0.25) is 0 Å². The summed E-state index contributed by atoms with van der Waals surface area (Å²) < 4.78 is 5.56. The second kappa shape index (κ2) is 8.13. The largest absolute Gasteiger partial charge is 0.381 e. The summed E-state index contributed by atoms with van der Waals surface area (Å²) in [5.74, 6) is 0.732. The minimum absolute atomic E-state index is 0.636. The molecule has 0 amide bonds. The summed E-state index contributed by atoms with van der Waals surface area (Å²) in [6, 6.07) is 0.636. The highest BCUT2D eigenvalue weighted by Gasteiger charge is 2.26. The molecule has 2 saturated heterocycles. The Hall–Kier alpha value is -0.120.